The molecule has 0 aromatic heterocycles. The predicted octanol–water partition coefficient (Wildman–Crippen LogP) is 2.02. The van der Waals surface area contributed by atoms with E-state index in [4.69, 9.17) is 0 Å². The maximum atomic E-state index is 12.7. The number of hydrogen-bond acceptors (Lipinski definition) is 6. The minimum atomic E-state index is -4.88. The molecule has 1 amide bonds. The molecule has 0 spiro atoms. The van der Waals surface area contributed by atoms with Crippen molar-refractivity contribution in [3.05, 3.63) is 24.3 Å². The Kier molecular flexibility index (Phi) is 8.34. The SMILES string of the molecule is CCCCCS(=O)(=O)CC(=O)N1CCN(S(=O)(=O)c2ccc(OC(F)(F)F)cc2)CC1. The fourth-order valence-corrected chi connectivity index (χ4v) is 5.83. The second kappa shape index (κ2) is 10.2. The molecule has 176 valence electrons. The van der Waals surface area contributed by atoms with Gasteiger partial charge in [-0.2, -0.15) is 4.31 Å². The number of carbonyl (C=O) groups is 1. The number of hydrogen-bond donors (Lipinski definition) is 0. The van der Waals surface area contributed by atoms with Gasteiger partial charge in [0.25, 0.3) is 0 Å². The van der Waals surface area contributed by atoms with Crippen molar-refractivity contribution < 1.29 is 39.5 Å². The number of carbonyl (C=O) groups excluding carboxylic acids is 1. The van der Waals surface area contributed by atoms with Crippen molar-refractivity contribution in [3.8, 4) is 5.75 Å². The average molecular weight is 487 g/mol. The number of alkyl halides is 3. The molecule has 1 aromatic rings. The molecule has 0 radical (unpaired) electrons. The Hall–Kier alpha value is -1.86. The second-order valence-electron chi connectivity index (χ2n) is 7.10. The lowest BCUT2D eigenvalue weighted by molar-refractivity contribution is -0.274. The topological polar surface area (TPSA) is 101 Å². The normalized spacial score (nSPS) is 16.3. The second-order valence-corrected chi connectivity index (χ2v) is 11.2. The first-order chi connectivity index (χ1) is 14.3. The van der Waals surface area contributed by atoms with Gasteiger partial charge >= 0.3 is 6.36 Å². The predicted molar refractivity (Wildman–Crippen MR) is 107 cm³/mol. The molecule has 8 nitrogen and oxygen atoms in total. The minimum Gasteiger partial charge on any atom is -0.406 e. The van der Waals surface area contributed by atoms with Crippen LogP contribution >= 0.6 is 0 Å². The van der Waals surface area contributed by atoms with Crippen LogP contribution in [0.25, 0.3) is 0 Å². The summed E-state index contributed by atoms with van der Waals surface area (Å²) in [5.41, 5.74) is 0. The van der Waals surface area contributed by atoms with Crippen molar-refractivity contribution in [2.45, 2.75) is 37.4 Å². The van der Waals surface area contributed by atoms with Crippen LogP contribution in [0, 0.1) is 0 Å². The highest BCUT2D eigenvalue weighted by Gasteiger charge is 2.33. The maximum Gasteiger partial charge on any atom is 0.573 e. The van der Waals surface area contributed by atoms with Gasteiger partial charge in [0.05, 0.1) is 10.6 Å². The number of piperazine rings is 1. The van der Waals surface area contributed by atoms with Crippen LogP contribution in [0.4, 0.5) is 13.2 Å². The summed E-state index contributed by atoms with van der Waals surface area (Å²) in [4.78, 5) is 13.4. The largest absolute Gasteiger partial charge is 0.573 e. The average Bonchev–Trinajstić information content (AvgIpc) is 2.67. The molecule has 1 heterocycles. The van der Waals surface area contributed by atoms with E-state index >= 15 is 0 Å². The molecule has 1 aliphatic heterocycles. The Morgan fingerprint density at radius 2 is 1.58 bits per heavy atom. The number of unbranched alkanes of at least 4 members (excludes halogenated alkanes) is 2. The number of rotatable bonds is 9. The van der Waals surface area contributed by atoms with Crippen LogP contribution in [0.3, 0.4) is 0 Å². The van der Waals surface area contributed by atoms with Crippen LogP contribution in [0.1, 0.15) is 26.2 Å². The molecule has 1 saturated heterocycles. The molecule has 0 bridgehead atoms. The van der Waals surface area contributed by atoms with Crippen LogP contribution in [0.2, 0.25) is 0 Å². The molecule has 0 atom stereocenters. The highest BCUT2D eigenvalue weighted by Crippen LogP contribution is 2.25. The van der Waals surface area contributed by atoms with Crippen molar-refractivity contribution in [1.82, 2.24) is 9.21 Å². The van der Waals surface area contributed by atoms with Crippen LogP contribution in [0.15, 0.2) is 29.2 Å². The third-order valence-electron chi connectivity index (χ3n) is 4.69. The van der Waals surface area contributed by atoms with E-state index in [2.05, 4.69) is 4.74 Å². The van der Waals surface area contributed by atoms with E-state index in [0.717, 1.165) is 41.4 Å². The van der Waals surface area contributed by atoms with E-state index in [1.807, 2.05) is 6.92 Å². The molecule has 1 aliphatic rings. The number of ether oxygens (including phenoxy) is 1. The summed E-state index contributed by atoms with van der Waals surface area (Å²) in [5.74, 6) is -1.77. The number of sulfone groups is 1. The van der Waals surface area contributed by atoms with Crippen molar-refractivity contribution in [2.24, 2.45) is 0 Å². The standard InChI is InChI=1S/C18H25F3N2O6S2/c1-2-3-4-13-30(25,26)14-17(24)22-9-11-23(12-10-22)31(27,28)16-7-5-15(6-8-16)29-18(19,20)21/h5-8H,2-4,9-14H2,1H3. The first-order valence-corrected chi connectivity index (χ1v) is 12.9. The summed E-state index contributed by atoms with van der Waals surface area (Å²) < 4.78 is 91.0. The van der Waals surface area contributed by atoms with Gasteiger partial charge in [0.2, 0.25) is 15.9 Å². The summed E-state index contributed by atoms with van der Waals surface area (Å²) in [6.45, 7) is 1.89. The quantitative estimate of drug-likeness (QED) is 0.495. The lowest BCUT2D eigenvalue weighted by Gasteiger charge is -2.34. The smallest absolute Gasteiger partial charge is 0.406 e. The third kappa shape index (κ3) is 7.65. The molecule has 0 N–H and O–H groups in total. The van der Waals surface area contributed by atoms with E-state index in [-0.39, 0.29) is 36.8 Å². The van der Waals surface area contributed by atoms with Gasteiger partial charge in [-0.15, -0.1) is 13.2 Å². The third-order valence-corrected chi connectivity index (χ3v) is 8.20. The zero-order valence-electron chi connectivity index (χ0n) is 17.0. The summed E-state index contributed by atoms with van der Waals surface area (Å²) >= 11 is 0. The summed E-state index contributed by atoms with van der Waals surface area (Å²) in [6.07, 6.45) is -2.77. The molecule has 0 aliphatic carbocycles. The summed E-state index contributed by atoms with van der Waals surface area (Å²) in [7, 11) is -7.50. The van der Waals surface area contributed by atoms with Crippen molar-refractivity contribution in [2.75, 3.05) is 37.7 Å². The first kappa shape index (κ1) is 25.4. The lowest BCUT2D eigenvalue weighted by Crippen LogP contribution is -2.51. The Bertz CT molecular complexity index is 955. The van der Waals surface area contributed by atoms with Gasteiger partial charge in [-0.1, -0.05) is 19.8 Å². The molecule has 31 heavy (non-hydrogen) atoms. The van der Waals surface area contributed by atoms with Crippen LogP contribution < -0.4 is 4.74 Å². The number of amides is 1. The zero-order chi connectivity index (χ0) is 23.3. The molecule has 0 saturated carbocycles. The molecular weight excluding hydrogens is 461 g/mol. The lowest BCUT2D eigenvalue weighted by atomic mass is 10.3. The van der Waals surface area contributed by atoms with Crippen molar-refractivity contribution in [3.63, 3.8) is 0 Å². The minimum absolute atomic E-state index is 0.0256. The summed E-state index contributed by atoms with van der Waals surface area (Å²) in [5, 5.41) is 0. The van der Waals surface area contributed by atoms with Gasteiger partial charge in [0, 0.05) is 26.2 Å². The van der Waals surface area contributed by atoms with E-state index in [1.54, 1.807) is 0 Å². The van der Waals surface area contributed by atoms with Crippen LogP contribution in [-0.4, -0.2) is 76.0 Å². The number of halogens is 3. The number of sulfonamides is 1. The number of benzene rings is 1. The Morgan fingerprint density at radius 1 is 1.00 bits per heavy atom. The van der Waals surface area contributed by atoms with Gasteiger partial charge in [0.1, 0.15) is 11.5 Å². The fourth-order valence-electron chi connectivity index (χ4n) is 3.06. The van der Waals surface area contributed by atoms with Gasteiger partial charge in [-0.05, 0) is 30.7 Å². The Balaban J connectivity index is 1.94. The molecular formula is C18H25F3N2O6S2. The van der Waals surface area contributed by atoms with Gasteiger partial charge in [-0.3, -0.25) is 4.79 Å². The van der Waals surface area contributed by atoms with E-state index in [9.17, 15) is 34.8 Å². The summed E-state index contributed by atoms with van der Waals surface area (Å²) in [6, 6.07) is 3.83. The van der Waals surface area contributed by atoms with Crippen LogP contribution in [0.5, 0.6) is 5.75 Å². The molecule has 1 aromatic carbocycles. The van der Waals surface area contributed by atoms with E-state index < -0.39 is 43.6 Å². The maximum absolute atomic E-state index is 12.7. The zero-order valence-corrected chi connectivity index (χ0v) is 18.6. The van der Waals surface area contributed by atoms with E-state index in [1.165, 1.54) is 4.90 Å². The Morgan fingerprint density at radius 3 is 2.10 bits per heavy atom. The first-order valence-electron chi connectivity index (χ1n) is 9.68. The van der Waals surface area contributed by atoms with Gasteiger partial charge in [-0.25, -0.2) is 16.8 Å². The molecule has 1 fully saturated rings. The van der Waals surface area contributed by atoms with Crippen molar-refractivity contribution in [1.29, 1.82) is 0 Å². The molecule has 13 heteroatoms. The van der Waals surface area contributed by atoms with Crippen LogP contribution in [-0.2, 0) is 24.7 Å². The van der Waals surface area contributed by atoms with Crippen molar-refractivity contribution >= 4 is 25.8 Å². The fraction of sp³-hybridized carbons (Fsp3) is 0.611. The highest BCUT2D eigenvalue weighted by molar-refractivity contribution is 7.92. The van der Waals surface area contributed by atoms with Gasteiger partial charge in [0.15, 0.2) is 9.84 Å². The van der Waals surface area contributed by atoms with Gasteiger partial charge < -0.3 is 9.64 Å². The highest BCUT2D eigenvalue weighted by atomic mass is 32.2. The molecule has 0 unspecified atom stereocenters. The monoisotopic (exact) mass is 486 g/mol. The van der Waals surface area contributed by atoms with E-state index in [0.29, 0.717) is 6.42 Å². The molecule has 2 rings (SSSR count). The Labute approximate surface area is 179 Å². The number of nitrogens with zero attached hydrogens (tertiary/aromatic N) is 2.